The van der Waals surface area contributed by atoms with Gasteiger partial charge in [-0.3, -0.25) is 9.59 Å². The van der Waals surface area contributed by atoms with Gasteiger partial charge in [-0.1, -0.05) is 25.5 Å². The molecule has 1 amide bonds. The number of hydrogen-bond donors (Lipinski definition) is 0. The first kappa shape index (κ1) is 14.2. The van der Waals surface area contributed by atoms with Gasteiger partial charge in [0.05, 0.1) is 12.7 Å². The van der Waals surface area contributed by atoms with Crippen molar-refractivity contribution in [3.8, 4) is 5.75 Å². The first-order valence-corrected chi connectivity index (χ1v) is 6.04. The molecule has 0 aliphatic heterocycles. The average molecular weight is 249 g/mol. The largest absolute Gasteiger partial charge is 0.496 e. The maximum absolute atomic E-state index is 12.1. The molecule has 0 spiro atoms. The van der Waals surface area contributed by atoms with E-state index in [-0.39, 0.29) is 0 Å². The van der Waals surface area contributed by atoms with Crippen molar-refractivity contribution < 1.29 is 14.3 Å². The van der Waals surface area contributed by atoms with Crippen LogP contribution < -0.4 is 4.74 Å². The van der Waals surface area contributed by atoms with Gasteiger partial charge in [0.2, 0.25) is 0 Å². The maximum Gasteiger partial charge on any atom is 0.294 e. The van der Waals surface area contributed by atoms with Gasteiger partial charge in [0.15, 0.2) is 0 Å². The Labute approximate surface area is 108 Å². The molecule has 0 saturated heterocycles. The highest BCUT2D eigenvalue weighted by Crippen LogP contribution is 2.18. The van der Waals surface area contributed by atoms with Gasteiger partial charge in [-0.05, 0) is 18.6 Å². The number of likely N-dealkylation sites (N-methyl/N-ethyl adjacent to an activating group) is 1. The summed E-state index contributed by atoms with van der Waals surface area (Å²) >= 11 is 0. The number of benzene rings is 1. The first-order valence-electron chi connectivity index (χ1n) is 6.04. The number of rotatable bonds is 6. The normalized spacial score (nSPS) is 9.94. The van der Waals surface area contributed by atoms with E-state index in [1.165, 1.54) is 12.0 Å². The van der Waals surface area contributed by atoms with E-state index in [4.69, 9.17) is 4.74 Å². The first-order chi connectivity index (χ1) is 8.61. The summed E-state index contributed by atoms with van der Waals surface area (Å²) in [6, 6.07) is 6.76. The third-order valence-corrected chi connectivity index (χ3v) is 2.74. The number of amides is 1. The van der Waals surface area contributed by atoms with Crippen molar-refractivity contribution >= 4 is 11.7 Å². The predicted molar refractivity (Wildman–Crippen MR) is 69.9 cm³/mol. The Morgan fingerprint density at radius 3 is 2.56 bits per heavy atom. The molecule has 1 aromatic rings. The van der Waals surface area contributed by atoms with Crippen molar-refractivity contribution in [3.63, 3.8) is 0 Å². The molecule has 0 aliphatic rings. The van der Waals surface area contributed by atoms with Crippen molar-refractivity contribution in [1.29, 1.82) is 0 Å². The van der Waals surface area contributed by atoms with Gasteiger partial charge in [-0.25, -0.2) is 0 Å². The van der Waals surface area contributed by atoms with E-state index in [0.717, 1.165) is 12.8 Å². The number of ether oxygens (including phenoxy) is 1. The van der Waals surface area contributed by atoms with Gasteiger partial charge in [0.25, 0.3) is 11.7 Å². The van der Waals surface area contributed by atoms with Gasteiger partial charge in [0.1, 0.15) is 5.75 Å². The summed E-state index contributed by atoms with van der Waals surface area (Å²) in [5.74, 6) is -0.584. The van der Waals surface area contributed by atoms with E-state index < -0.39 is 11.7 Å². The van der Waals surface area contributed by atoms with Crippen molar-refractivity contribution in [2.24, 2.45) is 0 Å². The van der Waals surface area contributed by atoms with Crippen LogP contribution in [0.25, 0.3) is 0 Å². The van der Waals surface area contributed by atoms with E-state index in [9.17, 15) is 9.59 Å². The molecule has 0 unspecified atom stereocenters. The quantitative estimate of drug-likeness (QED) is 0.573. The molecule has 0 bridgehead atoms. The van der Waals surface area contributed by atoms with Crippen LogP contribution in [0, 0.1) is 0 Å². The van der Waals surface area contributed by atoms with Crippen LogP contribution in [0.15, 0.2) is 24.3 Å². The summed E-state index contributed by atoms with van der Waals surface area (Å²) in [6.07, 6.45) is 1.88. The standard InChI is InChI=1S/C14H19NO3/c1-4-5-10-15(2)14(17)13(16)11-8-6-7-9-12(11)18-3/h6-9H,4-5,10H2,1-3H3. The second kappa shape index (κ2) is 6.79. The Morgan fingerprint density at radius 2 is 1.94 bits per heavy atom. The lowest BCUT2D eigenvalue weighted by molar-refractivity contribution is -0.125. The van der Waals surface area contributed by atoms with Crippen molar-refractivity contribution in [2.75, 3.05) is 20.7 Å². The highest BCUT2D eigenvalue weighted by atomic mass is 16.5. The van der Waals surface area contributed by atoms with E-state index >= 15 is 0 Å². The second-order valence-electron chi connectivity index (χ2n) is 4.11. The summed E-state index contributed by atoms with van der Waals surface area (Å²) in [6.45, 7) is 2.64. The molecule has 4 heteroatoms. The second-order valence-corrected chi connectivity index (χ2v) is 4.11. The van der Waals surface area contributed by atoms with Crippen LogP contribution in [0.1, 0.15) is 30.1 Å². The van der Waals surface area contributed by atoms with Crippen LogP contribution >= 0.6 is 0 Å². The third kappa shape index (κ3) is 3.32. The molecule has 0 fully saturated rings. The molecular formula is C14H19NO3. The van der Waals surface area contributed by atoms with E-state index in [2.05, 4.69) is 0 Å². The predicted octanol–water partition coefficient (Wildman–Crippen LogP) is 2.14. The summed E-state index contributed by atoms with van der Waals surface area (Å²) in [5.41, 5.74) is 0.313. The Hall–Kier alpha value is -1.84. The fraction of sp³-hybridized carbons (Fsp3) is 0.429. The maximum atomic E-state index is 12.1. The van der Waals surface area contributed by atoms with Gasteiger partial charge < -0.3 is 9.64 Å². The molecule has 0 N–H and O–H groups in total. The van der Waals surface area contributed by atoms with Crippen LogP contribution in [-0.2, 0) is 4.79 Å². The number of carbonyl (C=O) groups is 2. The number of carbonyl (C=O) groups excluding carboxylic acids is 2. The lowest BCUT2D eigenvalue weighted by atomic mass is 10.1. The Morgan fingerprint density at radius 1 is 1.28 bits per heavy atom. The SMILES string of the molecule is CCCCN(C)C(=O)C(=O)c1ccccc1OC. The monoisotopic (exact) mass is 249 g/mol. The molecule has 98 valence electrons. The highest BCUT2D eigenvalue weighted by molar-refractivity contribution is 6.43. The van der Waals surface area contributed by atoms with E-state index in [1.54, 1.807) is 31.3 Å². The molecular weight excluding hydrogens is 230 g/mol. The number of nitrogens with zero attached hydrogens (tertiary/aromatic N) is 1. The lowest BCUT2D eigenvalue weighted by Crippen LogP contribution is -2.34. The Bertz CT molecular complexity index is 429. The Balaban J connectivity index is 2.83. The third-order valence-electron chi connectivity index (χ3n) is 2.74. The van der Waals surface area contributed by atoms with E-state index in [1.807, 2.05) is 6.92 Å². The molecule has 0 radical (unpaired) electrons. The van der Waals surface area contributed by atoms with Crippen LogP contribution in [0.3, 0.4) is 0 Å². The number of para-hydroxylation sites is 1. The highest BCUT2D eigenvalue weighted by Gasteiger charge is 2.22. The molecule has 0 heterocycles. The molecule has 4 nitrogen and oxygen atoms in total. The number of Topliss-reactive ketones (excluding diaryl/α,β-unsaturated/α-hetero) is 1. The molecule has 1 rings (SSSR count). The minimum absolute atomic E-state index is 0.313. The smallest absolute Gasteiger partial charge is 0.294 e. The van der Waals surface area contributed by atoms with Gasteiger partial charge >= 0.3 is 0 Å². The van der Waals surface area contributed by atoms with Gasteiger partial charge in [0, 0.05) is 13.6 Å². The molecule has 1 aromatic carbocycles. The van der Waals surface area contributed by atoms with Crippen molar-refractivity contribution in [2.45, 2.75) is 19.8 Å². The summed E-state index contributed by atoms with van der Waals surface area (Å²) < 4.78 is 5.09. The summed E-state index contributed by atoms with van der Waals surface area (Å²) in [4.78, 5) is 25.5. The number of hydrogen-bond acceptors (Lipinski definition) is 3. The number of unbranched alkanes of at least 4 members (excludes halogenated alkanes) is 1. The summed E-state index contributed by atoms with van der Waals surface area (Å²) in [7, 11) is 3.13. The van der Waals surface area contributed by atoms with Crippen LogP contribution in [0.4, 0.5) is 0 Å². The zero-order valence-electron chi connectivity index (χ0n) is 11.1. The van der Waals surface area contributed by atoms with Gasteiger partial charge in [-0.2, -0.15) is 0 Å². The minimum atomic E-state index is -0.522. The van der Waals surface area contributed by atoms with E-state index in [0.29, 0.717) is 17.9 Å². The van der Waals surface area contributed by atoms with Gasteiger partial charge in [-0.15, -0.1) is 0 Å². The zero-order chi connectivity index (χ0) is 13.5. The van der Waals surface area contributed by atoms with Crippen molar-refractivity contribution in [1.82, 2.24) is 4.90 Å². The minimum Gasteiger partial charge on any atom is -0.496 e. The molecule has 0 atom stereocenters. The Kier molecular flexibility index (Phi) is 5.36. The summed E-state index contributed by atoms with van der Waals surface area (Å²) in [5, 5.41) is 0. The molecule has 0 aromatic heterocycles. The average Bonchev–Trinajstić information content (AvgIpc) is 2.42. The molecule has 0 aliphatic carbocycles. The number of methoxy groups -OCH3 is 1. The molecule has 0 saturated carbocycles. The number of ketones is 1. The van der Waals surface area contributed by atoms with Crippen LogP contribution in [0.2, 0.25) is 0 Å². The lowest BCUT2D eigenvalue weighted by Gasteiger charge is -2.16. The fourth-order valence-corrected chi connectivity index (χ4v) is 1.62. The zero-order valence-corrected chi connectivity index (χ0v) is 11.1. The topological polar surface area (TPSA) is 46.6 Å². The van der Waals surface area contributed by atoms with Crippen molar-refractivity contribution in [3.05, 3.63) is 29.8 Å². The molecule has 18 heavy (non-hydrogen) atoms. The fourth-order valence-electron chi connectivity index (χ4n) is 1.62. The van der Waals surface area contributed by atoms with Crippen LogP contribution in [0.5, 0.6) is 5.75 Å². The van der Waals surface area contributed by atoms with Crippen LogP contribution in [-0.4, -0.2) is 37.3 Å².